The Balaban J connectivity index is 1.80. The molecule has 3 unspecified atom stereocenters. The summed E-state index contributed by atoms with van der Waals surface area (Å²) in [5, 5.41) is 3.47. The summed E-state index contributed by atoms with van der Waals surface area (Å²) in [7, 11) is 0. The average Bonchev–Trinajstić information content (AvgIpc) is 2.58. The lowest BCUT2D eigenvalue weighted by Crippen LogP contribution is -2.42. The summed E-state index contributed by atoms with van der Waals surface area (Å²) in [6.07, 6.45) is 2.90. The molecule has 0 aromatic carbocycles. The van der Waals surface area contributed by atoms with E-state index in [1.165, 1.54) is 12.8 Å². The predicted octanol–water partition coefficient (Wildman–Crippen LogP) is 0.747. The van der Waals surface area contributed by atoms with Gasteiger partial charge in [0.2, 0.25) is 0 Å². The van der Waals surface area contributed by atoms with E-state index in [9.17, 15) is 0 Å². The van der Waals surface area contributed by atoms with Gasteiger partial charge in [-0.3, -0.25) is 0 Å². The molecule has 3 heteroatoms. The van der Waals surface area contributed by atoms with E-state index in [1.54, 1.807) is 0 Å². The topological polar surface area (TPSA) is 30.5 Å². The van der Waals surface area contributed by atoms with Crippen molar-refractivity contribution in [1.29, 1.82) is 0 Å². The van der Waals surface area contributed by atoms with Crippen LogP contribution in [0.5, 0.6) is 0 Å². The molecule has 70 valence electrons. The second kappa shape index (κ2) is 3.73. The van der Waals surface area contributed by atoms with Crippen LogP contribution in [0.15, 0.2) is 0 Å². The summed E-state index contributed by atoms with van der Waals surface area (Å²) < 4.78 is 10.7. The van der Waals surface area contributed by atoms with Crippen molar-refractivity contribution in [1.82, 2.24) is 5.32 Å². The van der Waals surface area contributed by atoms with Crippen molar-refractivity contribution in [3.8, 4) is 0 Å². The monoisotopic (exact) mass is 171 g/mol. The maximum Gasteiger partial charge on any atom is 0.147 e. The minimum absolute atomic E-state index is 0.352. The molecule has 0 amide bonds. The second-order valence-corrected chi connectivity index (χ2v) is 3.84. The van der Waals surface area contributed by atoms with Crippen molar-refractivity contribution >= 4 is 0 Å². The third-order valence-electron chi connectivity index (χ3n) is 2.87. The van der Waals surface area contributed by atoms with E-state index in [0.29, 0.717) is 24.9 Å². The molecule has 2 rings (SSSR count). The van der Waals surface area contributed by atoms with Gasteiger partial charge < -0.3 is 14.8 Å². The van der Waals surface area contributed by atoms with Crippen LogP contribution in [-0.4, -0.2) is 32.1 Å². The number of rotatable bonds is 1. The molecule has 0 bridgehead atoms. The second-order valence-electron chi connectivity index (χ2n) is 3.84. The molecule has 2 heterocycles. The molecule has 2 saturated heterocycles. The van der Waals surface area contributed by atoms with Gasteiger partial charge in [0.15, 0.2) is 0 Å². The molecule has 0 saturated carbocycles. The molecule has 1 N–H and O–H groups in total. The quantitative estimate of drug-likeness (QED) is 0.631. The van der Waals surface area contributed by atoms with Crippen LogP contribution < -0.4 is 5.32 Å². The van der Waals surface area contributed by atoms with Crippen LogP contribution >= 0.6 is 0 Å². The van der Waals surface area contributed by atoms with Gasteiger partial charge >= 0.3 is 0 Å². The number of ether oxygens (including phenoxy) is 2. The Kier molecular flexibility index (Phi) is 2.63. The zero-order valence-electron chi connectivity index (χ0n) is 7.58. The minimum Gasteiger partial charge on any atom is -0.353 e. The summed E-state index contributed by atoms with van der Waals surface area (Å²) in [5.74, 6) is 0.670. The van der Waals surface area contributed by atoms with E-state index in [4.69, 9.17) is 9.47 Å². The summed E-state index contributed by atoms with van der Waals surface area (Å²) in [5.41, 5.74) is 0. The minimum atomic E-state index is 0.352. The standard InChI is InChI=1S/C9H17NO2/c1-7-2-3-8(4-10-7)9-5-11-6-12-9/h7-10H,2-6H2,1H3. The van der Waals surface area contributed by atoms with Crippen molar-refractivity contribution in [2.75, 3.05) is 19.9 Å². The van der Waals surface area contributed by atoms with E-state index in [2.05, 4.69) is 12.2 Å². The van der Waals surface area contributed by atoms with Gasteiger partial charge in [-0.05, 0) is 19.8 Å². The summed E-state index contributed by atoms with van der Waals surface area (Å²) in [6.45, 7) is 4.62. The Morgan fingerprint density at radius 2 is 2.25 bits per heavy atom. The van der Waals surface area contributed by atoms with Gasteiger partial charge in [0.1, 0.15) is 6.79 Å². The van der Waals surface area contributed by atoms with E-state index >= 15 is 0 Å². The molecule has 2 aliphatic heterocycles. The highest BCUT2D eigenvalue weighted by molar-refractivity contribution is 4.81. The maximum absolute atomic E-state index is 5.47. The molecule has 0 aromatic rings. The number of piperidine rings is 1. The van der Waals surface area contributed by atoms with Crippen molar-refractivity contribution in [3.05, 3.63) is 0 Å². The number of hydrogen-bond acceptors (Lipinski definition) is 3. The first kappa shape index (κ1) is 8.48. The Bertz CT molecular complexity index is 137. The summed E-state index contributed by atoms with van der Waals surface area (Å²) >= 11 is 0. The zero-order chi connectivity index (χ0) is 8.39. The molecule has 2 fully saturated rings. The van der Waals surface area contributed by atoms with E-state index in [0.717, 1.165) is 13.2 Å². The predicted molar refractivity (Wildman–Crippen MR) is 45.9 cm³/mol. The van der Waals surface area contributed by atoms with E-state index in [-0.39, 0.29) is 0 Å². The molecule has 2 aliphatic rings. The first-order valence-corrected chi connectivity index (χ1v) is 4.79. The first-order chi connectivity index (χ1) is 5.86. The molecule has 3 nitrogen and oxygen atoms in total. The van der Waals surface area contributed by atoms with E-state index < -0.39 is 0 Å². The Labute approximate surface area is 73.4 Å². The Morgan fingerprint density at radius 3 is 2.83 bits per heavy atom. The maximum atomic E-state index is 5.47. The lowest BCUT2D eigenvalue weighted by molar-refractivity contribution is 0.0218. The highest BCUT2D eigenvalue weighted by Gasteiger charge is 2.29. The first-order valence-electron chi connectivity index (χ1n) is 4.79. The Hall–Kier alpha value is -0.120. The third-order valence-corrected chi connectivity index (χ3v) is 2.87. The van der Waals surface area contributed by atoms with Gasteiger partial charge in [0, 0.05) is 18.5 Å². The lowest BCUT2D eigenvalue weighted by atomic mass is 9.91. The molecule has 0 spiro atoms. The summed E-state index contributed by atoms with van der Waals surface area (Å²) in [4.78, 5) is 0. The lowest BCUT2D eigenvalue weighted by Gasteiger charge is -2.30. The van der Waals surface area contributed by atoms with Crippen LogP contribution in [0, 0.1) is 5.92 Å². The SMILES string of the molecule is CC1CCC(C2COCO2)CN1. The van der Waals surface area contributed by atoms with Gasteiger partial charge in [-0.2, -0.15) is 0 Å². The zero-order valence-corrected chi connectivity index (χ0v) is 7.58. The van der Waals surface area contributed by atoms with Crippen LogP contribution in [0.2, 0.25) is 0 Å². The van der Waals surface area contributed by atoms with Crippen LogP contribution in [0.3, 0.4) is 0 Å². The third kappa shape index (κ3) is 1.79. The molecular weight excluding hydrogens is 154 g/mol. The molecular formula is C9H17NO2. The van der Waals surface area contributed by atoms with E-state index in [1.807, 2.05) is 0 Å². The van der Waals surface area contributed by atoms with Crippen molar-refractivity contribution in [2.24, 2.45) is 5.92 Å². The highest BCUT2D eigenvalue weighted by atomic mass is 16.7. The van der Waals surface area contributed by atoms with Crippen molar-refractivity contribution in [3.63, 3.8) is 0 Å². The fraction of sp³-hybridized carbons (Fsp3) is 1.00. The van der Waals surface area contributed by atoms with Gasteiger partial charge in [-0.1, -0.05) is 0 Å². The van der Waals surface area contributed by atoms with Crippen LogP contribution in [0.25, 0.3) is 0 Å². The molecule has 3 atom stereocenters. The normalized spacial score (nSPS) is 43.2. The molecule has 0 aromatic heterocycles. The van der Waals surface area contributed by atoms with Gasteiger partial charge in [0.05, 0.1) is 12.7 Å². The molecule has 0 aliphatic carbocycles. The summed E-state index contributed by atoms with van der Waals surface area (Å²) in [6, 6.07) is 0.684. The molecule has 12 heavy (non-hydrogen) atoms. The molecule has 0 radical (unpaired) electrons. The van der Waals surface area contributed by atoms with Crippen LogP contribution in [-0.2, 0) is 9.47 Å². The van der Waals surface area contributed by atoms with Crippen molar-refractivity contribution < 1.29 is 9.47 Å². The van der Waals surface area contributed by atoms with Crippen LogP contribution in [0.1, 0.15) is 19.8 Å². The number of nitrogens with one attached hydrogen (secondary N) is 1. The average molecular weight is 171 g/mol. The smallest absolute Gasteiger partial charge is 0.147 e. The van der Waals surface area contributed by atoms with Crippen LogP contribution in [0.4, 0.5) is 0 Å². The van der Waals surface area contributed by atoms with Crippen molar-refractivity contribution in [2.45, 2.75) is 31.9 Å². The number of hydrogen-bond donors (Lipinski definition) is 1. The largest absolute Gasteiger partial charge is 0.353 e. The highest BCUT2D eigenvalue weighted by Crippen LogP contribution is 2.22. The van der Waals surface area contributed by atoms with Gasteiger partial charge in [0.25, 0.3) is 0 Å². The fourth-order valence-electron chi connectivity index (χ4n) is 1.96. The van der Waals surface area contributed by atoms with Gasteiger partial charge in [-0.15, -0.1) is 0 Å². The van der Waals surface area contributed by atoms with Gasteiger partial charge in [-0.25, -0.2) is 0 Å². The fourth-order valence-corrected chi connectivity index (χ4v) is 1.96. The Morgan fingerprint density at radius 1 is 1.33 bits per heavy atom.